The molecule has 11 heavy (non-hydrogen) atoms. The molecule has 0 saturated carbocycles. The molecular formula is C6H15NO2S2. The molecule has 0 atom stereocenters. The Hall–Kier alpha value is 0.260. The lowest BCUT2D eigenvalue weighted by atomic mass is 10.8. The maximum absolute atomic E-state index is 11.0. The van der Waals surface area contributed by atoms with Crippen molar-refractivity contribution >= 4 is 21.6 Å². The lowest BCUT2D eigenvalue weighted by Gasteiger charge is -2.00. The van der Waals surface area contributed by atoms with E-state index in [9.17, 15) is 8.42 Å². The summed E-state index contributed by atoms with van der Waals surface area (Å²) in [6.45, 7) is 2.25. The Labute approximate surface area is 72.7 Å². The Bertz CT molecular complexity index is 177. The zero-order valence-corrected chi connectivity index (χ0v) is 8.38. The van der Waals surface area contributed by atoms with Crippen LogP contribution in [0.2, 0.25) is 0 Å². The normalized spacial score (nSPS) is 11.8. The molecule has 0 fully saturated rings. The summed E-state index contributed by atoms with van der Waals surface area (Å²) in [6.07, 6.45) is 0. The van der Waals surface area contributed by atoms with Gasteiger partial charge in [-0.3, -0.25) is 0 Å². The molecule has 0 spiro atoms. The predicted molar refractivity (Wildman–Crippen MR) is 50.7 cm³/mol. The van der Waals surface area contributed by atoms with E-state index in [-0.39, 0.29) is 18.1 Å². The summed E-state index contributed by atoms with van der Waals surface area (Å²) in [5.74, 6) is 2.05. The van der Waals surface area contributed by atoms with E-state index in [1.54, 1.807) is 11.8 Å². The highest BCUT2D eigenvalue weighted by Crippen LogP contribution is 2.00. The fourth-order valence-electron chi connectivity index (χ4n) is 0.612. The van der Waals surface area contributed by atoms with Gasteiger partial charge >= 0.3 is 0 Å². The SMILES string of the molecule is CCSCCS(=O)(=O)CCN. The summed E-state index contributed by atoms with van der Waals surface area (Å²) < 4.78 is 22.0. The molecule has 3 nitrogen and oxygen atoms in total. The summed E-state index contributed by atoms with van der Waals surface area (Å²) >= 11 is 1.64. The van der Waals surface area contributed by atoms with Crippen LogP contribution in [0.25, 0.3) is 0 Å². The molecule has 0 radical (unpaired) electrons. The largest absolute Gasteiger partial charge is 0.329 e. The minimum Gasteiger partial charge on any atom is -0.329 e. The second-order valence-electron chi connectivity index (χ2n) is 2.14. The number of thioether (sulfide) groups is 1. The third kappa shape index (κ3) is 6.65. The first-order chi connectivity index (χ1) is 5.12. The molecule has 0 aliphatic carbocycles. The maximum atomic E-state index is 11.0. The molecule has 2 N–H and O–H groups in total. The van der Waals surface area contributed by atoms with Crippen LogP contribution in [0.4, 0.5) is 0 Å². The van der Waals surface area contributed by atoms with Gasteiger partial charge in [0.15, 0.2) is 9.84 Å². The molecule has 0 amide bonds. The van der Waals surface area contributed by atoms with Gasteiger partial charge in [-0.1, -0.05) is 6.92 Å². The third-order valence-corrected chi connectivity index (χ3v) is 4.01. The summed E-state index contributed by atoms with van der Waals surface area (Å²) in [4.78, 5) is 0. The first-order valence-electron chi connectivity index (χ1n) is 3.60. The van der Waals surface area contributed by atoms with Crippen molar-refractivity contribution in [3.05, 3.63) is 0 Å². The highest BCUT2D eigenvalue weighted by Gasteiger charge is 2.07. The number of nitrogens with two attached hydrogens (primary N) is 1. The molecule has 0 saturated heterocycles. The van der Waals surface area contributed by atoms with Gasteiger partial charge in [0.05, 0.1) is 11.5 Å². The van der Waals surface area contributed by atoms with Crippen molar-refractivity contribution < 1.29 is 8.42 Å². The molecule has 0 aromatic carbocycles. The van der Waals surface area contributed by atoms with E-state index < -0.39 is 9.84 Å². The molecule has 0 aromatic heterocycles. The zero-order chi connectivity index (χ0) is 8.74. The van der Waals surface area contributed by atoms with Gasteiger partial charge in [0.25, 0.3) is 0 Å². The van der Waals surface area contributed by atoms with Crippen LogP contribution in [0.3, 0.4) is 0 Å². The molecule has 0 unspecified atom stereocenters. The van der Waals surface area contributed by atoms with Gasteiger partial charge in [-0.2, -0.15) is 11.8 Å². The van der Waals surface area contributed by atoms with E-state index in [1.165, 1.54) is 0 Å². The van der Waals surface area contributed by atoms with Gasteiger partial charge in [0, 0.05) is 12.3 Å². The van der Waals surface area contributed by atoms with Crippen molar-refractivity contribution in [2.24, 2.45) is 5.73 Å². The van der Waals surface area contributed by atoms with Gasteiger partial charge in [-0.05, 0) is 5.75 Å². The average molecular weight is 197 g/mol. The van der Waals surface area contributed by atoms with Crippen molar-refractivity contribution in [2.45, 2.75) is 6.92 Å². The lowest BCUT2D eigenvalue weighted by molar-refractivity contribution is 0.597. The van der Waals surface area contributed by atoms with Crippen molar-refractivity contribution in [2.75, 3.05) is 29.6 Å². The third-order valence-electron chi connectivity index (χ3n) is 1.17. The molecule has 0 bridgehead atoms. The van der Waals surface area contributed by atoms with Crippen molar-refractivity contribution in [3.63, 3.8) is 0 Å². The summed E-state index contributed by atoms with van der Waals surface area (Å²) in [7, 11) is -2.85. The van der Waals surface area contributed by atoms with Crippen LogP contribution < -0.4 is 5.73 Å². The smallest absolute Gasteiger partial charge is 0.152 e. The van der Waals surface area contributed by atoms with Crippen molar-refractivity contribution in [3.8, 4) is 0 Å². The molecular weight excluding hydrogens is 182 g/mol. The van der Waals surface area contributed by atoms with E-state index in [1.807, 2.05) is 6.92 Å². The highest BCUT2D eigenvalue weighted by atomic mass is 32.2. The molecule has 0 aliphatic heterocycles. The van der Waals surface area contributed by atoms with Crippen LogP contribution in [0.15, 0.2) is 0 Å². The second-order valence-corrected chi connectivity index (χ2v) is 5.83. The molecule has 5 heteroatoms. The lowest BCUT2D eigenvalue weighted by Crippen LogP contribution is -2.19. The van der Waals surface area contributed by atoms with E-state index >= 15 is 0 Å². The predicted octanol–water partition coefficient (Wildman–Crippen LogP) is 0.113. The molecule has 68 valence electrons. The Morgan fingerprint density at radius 2 is 2.00 bits per heavy atom. The molecule has 0 aromatic rings. The number of sulfone groups is 1. The van der Waals surface area contributed by atoms with Gasteiger partial charge in [-0.15, -0.1) is 0 Å². The van der Waals surface area contributed by atoms with Gasteiger partial charge in [0.2, 0.25) is 0 Å². The monoisotopic (exact) mass is 197 g/mol. The minimum absolute atomic E-state index is 0.122. The Balaban J connectivity index is 3.56. The highest BCUT2D eigenvalue weighted by molar-refractivity contribution is 8.00. The van der Waals surface area contributed by atoms with E-state index in [0.717, 1.165) is 5.75 Å². The standard InChI is InChI=1S/C6H15NO2S2/c1-2-10-4-6-11(8,9)5-3-7/h2-7H2,1H3. The van der Waals surface area contributed by atoms with E-state index in [4.69, 9.17) is 5.73 Å². The van der Waals surface area contributed by atoms with Crippen LogP contribution in [0, 0.1) is 0 Å². The number of hydrogen-bond acceptors (Lipinski definition) is 4. The fraction of sp³-hybridized carbons (Fsp3) is 1.00. The maximum Gasteiger partial charge on any atom is 0.152 e. The van der Waals surface area contributed by atoms with Crippen LogP contribution in [0.5, 0.6) is 0 Å². The molecule has 0 aliphatic rings. The average Bonchev–Trinajstić information content (AvgIpc) is 1.87. The van der Waals surface area contributed by atoms with Crippen LogP contribution in [-0.4, -0.2) is 38.0 Å². The Kier molecular flexibility index (Phi) is 5.99. The van der Waals surface area contributed by atoms with Crippen molar-refractivity contribution in [1.29, 1.82) is 0 Å². The second kappa shape index (κ2) is 5.85. The first-order valence-corrected chi connectivity index (χ1v) is 6.58. The quantitative estimate of drug-likeness (QED) is 0.614. The Morgan fingerprint density at radius 1 is 1.36 bits per heavy atom. The first kappa shape index (κ1) is 11.3. The molecule has 0 rings (SSSR count). The van der Waals surface area contributed by atoms with Crippen LogP contribution in [-0.2, 0) is 9.84 Å². The van der Waals surface area contributed by atoms with Crippen LogP contribution in [0.1, 0.15) is 6.92 Å². The fourth-order valence-corrected chi connectivity index (χ4v) is 2.95. The van der Waals surface area contributed by atoms with E-state index in [2.05, 4.69) is 0 Å². The van der Waals surface area contributed by atoms with Gasteiger partial charge in [-0.25, -0.2) is 8.42 Å². The van der Waals surface area contributed by atoms with Crippen molar-refractivity contribution in [1.82, 2.24) is 0 Å². The number of hydrogen-bond donors (Lipinski definition) is 1. The summed E-state index contributed by atoms with van der Waals surface area (Å²) in [5.41, 5.74) is 5.13. The van der Waals surface area contributed by atoms with Gasteiger partial charge < -0.3 is 5.73 Å². The molecule has 0 heterocycles. The summed E-state index contributed by atoms with van der Waals surface area (Å²) in [5, 5.41) is 0. The zero-order valence-electron chi connectivity index (χ0n) is 6.75. The van der Waals surface area contributed by atoms with E-state index in [0.29, 0.717) is 5.75 Å². The number of rotatable bonds is 6. The summed E-state index contributed by atoms with van der Waals surface area (Å²) in [6, 6.07) is 0. The topological polar surface area (TPSA) is 60.2 Å². The Morgan fingerprint density at radius 3 is 2.45 bits per heavy atom. The minimum atomic E-state index is -2.85. The van der Waals surface area contributed by atoms with Crippen LogP contribution >= 0.6 is 11.8 Å². The van der Waals surface area contributed by atoms with Gasteiger partial charge in [0.1, 0.15) is 0 Å².